The molecule has 0 N–H and O–H groups in total. The summed E-state index contributed by atoms with van der Waals surface area (Å²) in [6.45, 7) is 2.18. The average Bonchev–Trinajstić information content (AvgIpc) is 2.52. The second-order valence-corrected chi connectivity index (χ2v) is 3.92. The van der Waals surface area contributed by atoms with E-state index in [1.165, 1.54) is 6.42 Å². The van der Waals surface area contributed by atoms with Gasteiger partial charge in [-0.25, -0.2) is 0 Å². The highest BCUT2D eigenvalue weighted by Gasteiger charge is 2.02. The Labute approximate surface area is 75.9 Å². The summed E-state index contributed by atoms with van der Waals surface area (Å²) in [4.78, 5) is 0.632. The van der Waals surface area contributed by atoms with Crippen LogP contribution in [0, 0.1) is 0 Å². The van der Waals surface area contributed by atoms with Crippen molar-refractivity contribution in [3.63, 3.8) is 0 Å². The van der Waals surface area contributed by atoms with Crippen molar-refractivity contribution >= 4 is 15.9 Å². The fraction of sp³-hybridized carbons (Fsp3) is 0.556. The fourth-order valence-corrected chi connectivity index (χ4v) is 1.19. The lowest BCUT2D eigenvalue weighted by molar-refractivity contribution is 0.499. The molecule has 2 heteroatoms. The van der Waals surface area contributed by atoms with Crippen molar-refractivity contribution in [2.75, 3.05) is 0 Å². The molecule has 11 heavy (non-hydrogen) atoms. The first-order valence-corrected chi connectivity index (χ1v) is 4.91. The fourth-order valence-electron chi connectivity index (χ4n) is 0.958. The predicted octanol–water partition coefficient (Wildman–Crippen LogP) is 3.39. The van der Waals surface area contributed by atoms with Gasteiger partial charge in [-0.15, -0.1) is 0 Å². The lowest BCUT2D eigenvalue weighted by Crippen LogP contribution is -1.96. The van der Waals surface area contributed by atoms with Crippen LogP contribution in [0.3, 0.4) is 0 Å². The highest BCUT2D eigenvalue weighted by molar-refractivity contribution is 9.09. The molecular weight excluding hydrogens is 204 g/mol. The number of furan rings is 1. The van der Waals surface area contributed by atoms with E-state index in [0.29, 0.717) is 4.83 Å². The van der Waals surface area contributed by atoms with Crippen molar-refractivity contribution in [2.45, 2.75) is 31.0 Å². The summed E-state index contributed by atoms with van der Waals surface area (Å²) >= 11 is 3.58. The minimum Gasteiger partial charge on any atom is -0.469 e. The van der Waals surface area contributed by atoms with Gasteiger partial charge in [0.25, 0.3) is 0 Å². The molecular formula is C9H13BrO. The number of hydrogen-bond donors (Lipinski definition) is 0. The van der Waals surface area contributed by atoms with Gasteiger partial charge in [0.15, 0.2) is 0 Å². The minimum absolute atomic E-state index is 0.632. The monoisotopic (exact) mass is 216 g/mol. The molecule has 1 heterocycles. The molecule has 1 aromatic rings. The van der Waals surface area contributed by atoms with Gasteiger partial charge >= 0.3 is 0 Å². The summed E-state index contributed by atoms with van der Waals surface area (Å²) in [5.74, 6) is 1.09. The van der Waals surface area contributed by atoms with E-state index in [1.807, 2.05) is 12.1 Å². The first kappa shape index (κ1) is 8.85. The molecule has 1 nitrogen and oxygen atoms in total. The lowest BCUT2D eigenvalue weighted by atomic mass is 10.2. The van der Waals surface area contributed by atoms with Crippen LogP contribution in [0.2, 0.25) is 0 Å². The van der Waals surface area contributed by atoms with Crippen LogP contribution in [-0.2, 0) is 6.42 Å². The van der Waals surface area contributed by atoms with Crippen LogP contribution in [0.25, 0.3) is 0 Å². The average molecular weight is 217 g/mol. The second-order valence-electron chi connectivity index (χ2n) is 2.62. The summed E-state index contributed by atoms with van der Waals surface area (Å²) in [6, 6.07) is 3.96. The van der Waals surface area contributed by atoms with Crippen LogP contribution in [-0.4, -0.2) is 4.83 Å². The summed E-state index contributed by atoms with van der Waals surface area (Å²) in [7, 11) is 0. The maximum atomic E-state index is 5.21. The van der Waals surface area contributed by atoms with Gasteiger partial charge in [0.1, 0.15) is 5.76 Å². The normalized spacial score (nSPS) is 13.3. The second kappa shape index (κ2) is 4.60. The van der Waals surface area contributed by atoms with Gasteiger partial charge in [-0.1, -0.05) is 22.9 Å². The number of aryl methyl sites for hydroxylation is 1. The summed E-state index contributed by atoms with van der Waals surface area (Å²) in [6.07, 6.45) is 5.10. The molecule has 0 bridgehead atoms. The molecule has 0 fully saturated rings. The third kappa shape index (κ3) is 3.10. The van der Waals surface area contributed by atoms with E-state index in [0.717, 1.165) is 18.6 Å². The van der Waals surface area contributed by atoms with E-state index in [1.54, 1.807) is 6.26 Å². The van der Waals surface area contributed by atoms with E-state index in [2.05, 4.69) is 22.9 Å². The number of halogens is 1. The Morgan fingerprint density at radius 2 is 2.45 bits per heavy atom. The Bertz CT molecular complexity index is 181. The third-order valence-electron chi connectivity index (χ3n) is 1.73. The van der Waals surface area contributed by atoms with Crippen LogP contribution in [0.1, 0.15) is 25.5 Å². The number of hydrogen-bond acceptors (Lipinski definition) is 1. The Morgan fingerprint density at radius 1 is 1.64 bits per heavy atom. The minimum atomic E-state index is 0.632. The van der Waals surface area contributed by atoms with Gasteiger partial charge in [-0.05, 0) is 25.0 Å². The highest BCUT2D eigenvalue weighted by atomic mass is 79.9. The van der Waals surface area contributed by atoms with E-state index in [-0.39, 0.29) is 0 Å². The van der Waals surface area contributed by atoms with Crippen molar-refractivity contribution < 1.29 is 4.42 Å². The smallest absolute Gasteiger partial charge is 0.103 e. The molecule has 0 aliphatic carbocycles. The SMILES string of the molecule is CCC(Br)CCc1ccco1. The van der Waals surface area contributed by atoms with Gasteiger partial charge in [-0.2, -0.15) is 0 Å². The molecule has 1 atom stereocenters. The molecule has 0 aliphatic rings. The zero-order chi connectivity index (χ0) is 8.10. The number of rotatable bonds is 4. The van der Waals surface area contributed by atoms with Crippen LogP contribution < -0.4 is 0 Å². The molecule has 0 spiro atoms. The highest BCUT2D eigenvalue weighted by Crippen LogP contribution is 2.13. The van der Waals surface area contributed by atoms with Gasteiger partial charge in [0.2, 0.25) is 0 Å². The summed E-state index contributed by atoms with van der Waals surface area (Å²) in [5, 5.41) is 0. The summed E-state index contributed by atoms with van der Waals surface area (Å²) in [5.41, 5.74) is 0. The molecule has 0 radical (unpaired) electrons. The van der Waals surface area contributed by atoms with Crippen molar-refractivity contribution in [3.05, 3.63) is 24.2 Å². The third-order valence-corrected chi connectivity index (χ3v) is 2.83. The largest absolute Gasteiger partial charge is 0.469 e. The van der Waals surface area contributed by atoms with Crippen LogP contribution in [0.5, 0.6) is 0 Å². The van der Waals surface area contributed by atoms with Crippen LogP contribution in [0.4, 0.5) is 0 Å². The molecule has 62 valence electrons. The topological polar surface area (TPSA) is 13.1 Å². The van der Waals surface area contributed by atoms with Gasteiger partial charge in [-0.3, -0.25) is 0 Å². The molecule has 0 aromatic carbocycles. The standard InChI is InChI=1S/C9H13BrO/c1-2-8(10)5-6-9-4-3-7-11-9/h3-4,7-8H,2,5-6H2,1H3. The van der Waals surface area contributed by atoms with Gasteiger partial charge in [0.05, 0.1) is 6.26 Å². The molecule has 0 saturated heterocycles. The molecule has 1 rings (SSSR count). The zero-order valence-electron chi connectivity index (χ0n) is 6.72. The first-order chi connectivity index (χ1) is 5.33. The van der Waals surface area contributed by atoms with Crippen LogP contribution >= 0.6 is 15.9 Å². The molecule has 0 saturated carbocycles. The van der Waals surface area contributed by atoms with Crippen molar-refractivity contribution in [3.8, 4) is 0 Å². The Balaban J connectivity index is 2.23. The molecule has 0 amide bonds. The van der Waals surface area contributed by atoms with E-state index in [9.17, 15) is 0 Å². The maximum Gasteiger partial charge on any atom is 0.103 e. The molecule has 1 aromatic heterocycles. The molecule has 1 unspecified atom stereocenters. The predicted molar refractivity (Wildman–Crippen MR) is 50.0 cm³/mol. The molecule has 0 aliphatic heterocycles. The Hall–Kier alpha value is -0.240. The van der Waals surface area contributed by atoms with Gasteiger partial charge in [0, 0.05) is 11.2 Å². The quantitative estimate of drug-likeness (QED) is 0.704. The zero-order valence-corrected chi connectivity index (χ0v) is 8.30. The lowest BCUT2D eigenvalue weighted by Gasteiger charge is -2.03. The first-order valence-electron chi connectivity index (χ1n) is 3.99. The van der Waals surface area contributed by atoms with E-state index in [4.69, 9.17) is 4.42 Å². The van der Waals surface area contributed by atoms with Crippen molar-refractivity contribution in [1.29, 1.82) is 0 Å². The van der Waals surface area contributed by atoms with Crippen molar-refractivity contribution in [1.82, 2.24) is 0 Å². The van der Waals surface area contributed by atoms with E-state index >= 15 is 0 Å². The van der Waals surface area contributed by atoms with Gasteiger partial charge < -0.3 is 4.42 Å². The number of alkyl halides is 1. The Kier molecular flexibility index (Phi) is 3.70. The maximum absolute atomic E-state index is 5.21. The van der Waals surface area contributed by atoms with E-state index < -0.39 is 0 Å². The van der Waals surface area contributed by atoms with Crippen LogP contribution in [0.15, 0.2) is 22.8 Å². The Morgan fingerprint density at radius 3 is 3.00 bits per heavy atom. The summed E-state index contributed by atoms with van der Waals surface area (Å²) < 4.78 is 5.21. The van der Waals surface area contributed by atoms with Crippen molar-refractivity contribution in [2.24, 2.45) is 0 Å².